The van der Waals surface area contributed by atoms with Crippen LogP contribution in [-0.4, -0.2) is 19.6 Å². The average molecular weight is 241 g/mol. The van der Waals surface area contributed by atoms with Crippen molar-refractivity contribution >= 4 is 23.2 Å². The van der Waals surface area contributed by atoms with Crippen LogP contribution in [-0.2, 0) is 6.54 Å². The van der Waals surface area contributed by atoms with Crippen LogP contribution in [0.5, 0.6) is 0 Å². The van der Waals surface area contributed by atoms with E-state index in [9.17, 15) is 0 Å². The van der Waals surface area contributed by atoms with Crippen LogP contribution >= 0.6 is 11.6 Å². The Kier molecular flexibility index (Phi) is 5.08. The smallest absolute Gasteiger partial charge is 0.195 e. The first kappa shape index (κ1) is 12.8. The number of nitrogens with one attached hydrogen (secondary N) is 2. The molecule has 16 heavy (non-hydrogen) atoms. The minimum absolute atomic E-state index is 0.425. The average Bonchev–Trinajstić information content (AvgIpc) is 2.31. The summed E-state index contributed by atoms with van der Waals surface area (Å²) in [7, 11) is 1.71. The summed E-state index contributed by atoms with van der Waals surface area (Å²) in [5, 5.41) is 6.86. The van der Waals surface area contributed by atoms with Crippen molar-refractivity contribution in [3.05, 3.63) is 28.8 Å². The summed E-state index contributed by atoms with van der Waals surface area (Å²) in [4.78, 5) is 4.07. The molecule has 0 spiro atoms. The molecule has 0 saturated heterocycles. The van der Waals surface area contributed by atoms with E-state index in [0.717, 1.165) is 17.8 Å². The molecule has 0 amide bonds. The maximum Gasteiger partial charge on any atom is 0.195 e. The third-order valence-electron chi connectivity index (χ3n) is 2.12. The van der Waals surface area contributed by atoms with Crippen LogP contribution in [0.4, 0.5) is 5.69 Å². The molecule has 0 saturated carbocycles. The molecule has 1 aromatic rings. The summed E-state index contributed by atoms with van der Waals surface area (Å²) < 4.78 is 0. The molecule has 1 aromatic carbocycles. The summed E-state index contributed by atoms with van der Waals surface area (Å²) in [5.74, 6) is 0.693. The van der Waals surface area contributed by atoms with E-state index in [-0.39, 0.29) is 0 Å². The number of anilines is 1. The van der Waals surface area contributed by atoms with Gasteiger partial charge < -0.3 is 16.4 Å². The van der Waals surface area contributed by atoms with Crippen molar-refractivity contribution in [2.45, 2.75) is 13.5 Å². The van der Waals surface area contributed by atoms with E-state index in [0.29, 0.717) is 17.5 Å². The van der Waals surface area contributed by atoms with Gasteiger partial charge in [-0.2, -0.15) is 0 Å². The SMILES string of the molecule is CCNC(=NC)Nc1cccc(CN)c1Cl. The summed E-state index contributed by atoms with van der Waals surface area (Å²) in [6, 6.07) is 5.71. The third-order valence-corrected chi connectivity index (χ3v) is 2.57. The molecule has 4 N–H and O–H groups in total. The molecule has 0 aliphatic heterocycles. The molecule has 0 aliphatic carbocycles. The van der Waals surface area contributed by atoms with Gasteiger partial charge in [-0.15, -0.1) is 0 Å². The zero-order chi connectivity index (χ0) is 12.0. The Balaban J connectivity index is 2.88. The van der Waals surface area contributed by atoms with Gasteiger partial charge in [-0.3, -0.25) is 4.99 Å². The Morgan fingerprint density at radius 3 is 2.81 bits per heavy atom. The lowest BCUT2D eigenvalue weighted by Crippen LogP contribution is -2.30. The van der Waals surface area contributed by atoms with Gasteiger partial charge in [0.25, 0.3) is 0 Å². The van der Waals surface area contributed by atoms with Crippen LogP contribution in [0.15, 0.2) is 23.2 Å². The van der Waals surface area contributed by atoms with Crippen molar-refractivity contribution in [1.29, 1.82) is 0 Å². The second-order valence-electron chi connectivity index (χ2n) is 3.21. The van der Waals surface area contributed by atoms with E-state index in [1.165, 1.54) is 0 Å². The van der Waals surface area contributed by atoms with Crippen molar-refractivity contribution < 1.29 is 0 Å². The Morgan fingerprint density at radius 1 is 1.50 bits per heavy atom. The molecule has 0 atom stereocenters. The molecule has 88 valence electrons. The van der Waals surface area contributed by atoms with Crippen molar-refractivity contribution in [1.82, 2.24) is 5.32 Å². The van der Waals surface area contributed by atoms with E-state index in [1.807, 2.05) is 25.1 Å². The van der Waals surface area contributed by atoms with Crippen molar-refractivity contribution in [3.8, 4) is 0 Å². The standard InChI is InChI=1S/C11H17ClN4/c1-3-15-11(14-2)16-9-6-4-5-8(7-13)10(9)12/h4-6H,3,7,13H2,1-2H3,(H2,14,15,16). The Hall–Kier alpha value is -1.26. The fraction of sp³-hybridized carbons (Fsp3) is 0.364. The van der Waals surface area contributed by atoms with Gasteiger partial charge in [0, 0.05) is 20.1 Å². The molecule has 0 bridgehead atoms. The predicted molar refractivity (Wildman–Crippen MR) is 70.0 cm³/mol. The fourth-order valence-electron chi connectivity index (χ4n) is 1.31. The summed E-state index contributed by atoms with van der Waals surface area (Å²) in [6.45, 7) is 3.23. The molecule has 1 rings (SSSR count). The first-order chi connectivity index (χ1) is 7.72. The Morgan fingerprint density at radius 2 is 2.25 bits per heavy atom. The van der Waals surface area contributed by atoms with Crippen LogP contribution < -0.4 is 16.4 Å². The highest BCUT2D eigenvalue weighted by atomic mass is 35.5. The highest BCUT2D eigenvalue weighted by Crippen LogP contribution is 2.25. The van der Waals surface area contributed by atoms with Gasteiger partial charge in [-0.1, -0.05) is 23.7 Å². The first-order valence-corrected chi connectivity index (χ1v) is 5.55. The van der Waals surface area contributed by atoms with E-state index >= 15 is 0 Å². The molecule has 0 radical (unpaired) electrons. The van der Waals surface area contributed by atoms with Gasteiger partial charge >= 0.3 is 0 Å². The zero-order valence-electron chi connectivity index (χ0n) is 9.55. The summed E-state index contributed by atoms with van der Waals surface area (Å²) >= 11 is 6.18. The van der Waals surface area contributed by atoms with E-state index in [1.54, 1.807) is 7.05 Å². The predicted octanol–water partition coefficient (Wildman–Crippen LogP) is 1.81. The molecule has 0 aliphatic rings. The van der Waals surface area contributed by atoms with Crippen molar-refractivity contribution in [3.63, 3.8) is 0 Å². The largest absolute Gasteiger partial charge is 0.356 e. The van der Waals surface area contributed by atoms with Crippen LogP contribution in [0.2, 0.25) is 5.02 Å². The van der Waals surface area contributed by atoms with Gasteiger partial charge in [0.1, 0.15) is 0 Å². The first-order valence-electron chi connectivity index (χ1n) is 5.18. The van der Waals surface area contributed by atoms with Gasteiger partial charge in [-0.25, -0.2) is 0 Å². The zero-order valence-corrected chi connectivity index (χ0v) is 10.3. The number of nitrogens with zero attached hydrogens (tertiary/aromatic N) is 1. The van der Waals surface area contributed by atoms with Gasteiger partial charge in [0.05, 0.1) is 10.7 Å². The number of hydrogen-bond donors (Lipinski definition) is 3. The second kappa shape index (κ2) is 6.35. The highest BCUT2D eigenvalue weighted by molar-refractivity contribution is 6.34. The van der Waals surface area contributed by atoms with Crippen LogP contribution in [0, 0.1) is 0 Å². The molecule has 0 fully saturated rings. The fourth-order valence-corrected chi connectivity index (χ4v) is 1.56. The maximum atomic E-state index is 6.18. The maximum absolute atomic E-state index is 6.18. The molecule has 0 aromatic heterocycles. The van der Waals surface area contributed by atoms with Crippen molar-refractivity contribution in [2.24, 2.45) is 10.7 Å². The molecule has 0 heterocycles. The lowest BCUT2D eigenvalue weighted by atomic mass is 10.2. The minimum Gasteiger partial charge on any atom is -0.356 e. The number of halogens is 1. The van der Waals surface area contributed by atoms with Gasteiger partial charge in [-0.05, 0) is 18.6 Å². The number of rotatable bonds is 3. The lowest BCUT2D eigenvalue weighted by molar-refractivity contribution is 0.957. The van der Waals surface area contributed by atoms with E-state index in [2.05, 4.69) is 15.6 Å². The number of aliphatic imine (C=N–C) groups is 1. The monoisotopic (exact) mass is 240 g/mol. The van der Waals surface area contributed by atoms with Crippen LogP contribution in [0.3, 0.4) is 0 Å². The Bertz CT molecular complexity index is 376. The van der Waals surface area contributed by atoms with Crippen molar-refractivity contribution in [2.75, 3.05) is 18.9 Å². The molecular formula is C11H17ClN4. The quantitative estimate of drug-likeness (QED) is 0.558. The van der Waals surface area contributed by atoms with Gasteiger partial charge in [0.2, 0.25) is 0 Å². The van der Waals surface area contributed by atoms with E-state index < -0.39 is 0 Å². The Labute approximate surface area is 101 Å². The molecular weight excluding hydrogens is 224 g/mol. The summed E-state index contributed by atoms with van der Waals surface area (Å²) in [5.41, 5.74) is 7.31. The molecule has 0 unspecified atom stereocenters. The lowest BCUT2D eigenvalue weighted by Gasteiger charge is -2.13. The third kappa shape index (κ3) is 3.12. The minimum atomic E-state index is 0.425. The van der Waals surface area contributed by atoms with E-state index in [4.69, 9.17) is 17.3 Å². The number of benzene rings is 1. The summed E-state index contributed by atoms with van der Waals surface area (Å²) in [6.07, 6.45) is 0. The number of nitrogens with two attached hydrogens (primary N) is 1. The van der Waals surface area contributed by atoms with Gasteiger partial charge in [0.15, 0.2) is 5.96 Å². The second-order valence-corrected chi connectivity index (χ2v) is 3.59. The number of hydrogen-bond acceptors (Lipinski definition) is 2. The van der Waals surface area contributed by atoms with Crippen LogP contribution in [0.1, 0.15) is 12.5 Å². The van der Waals surface area contributed by atoms with Crippen LogP contribution in [0.25, 0.3) is 0 Å². The normalized spacial score (nSPS) is 11.4. The molecule has 4 nitrogen and oxygen atoms in total. The number of guanidine groups is 1. The highest BCUT2D eigenvalue weighted by Gasteiger charge is 2.06. The molecule has 5 heteroatoms. The topological polar surface area (TPSA) is 62.4 Å².